The van der Waals surface area contributed by atoms with Crippen molar-refractivity contribution >= 4 is 45.9 Å². The number of rotatable bonds is 7. The molecule has 1 amide bonds. The number of amides is 1. The third-order valence-electron chi connectivity index (χ3n) is 3.41. The zero-order valence-electron chi connectivity index (χ0n) is 13.8. The number of nitrogens with one attached hydrogen (secondary N) is 1. The summed E-state index contributed by atoms with van der Waals surface area (Å²) in [6.45, 7) is 4.35. The van der Waals surface area contributed by atoms with Crippen molar-refractivity contribution in [3.05, 3.63) is 65.0 Å². The molecule has 8 heteroatoms. The second-order valence-corrected chi connectivity index (χ2v) is 7.48. The van der Waals surface area contributed by atoms with Gasteiger partial charge in [0.15, 0.2) is 11.0 Å². The molecule has 0 unspecified atom stereocenters. The molecule has 6 nitrogen and oxygen atoms in total. The van der Waals surface area contributed by atoms with E-state index in [2.05, 4.69) is 49.7 Å². The summed E-state index contributed by atoms with van der Waals surface area (Å²) in [4.78, 5) is 16.2. The van der Waals surface area contributed by atoms with Gasteiger partial charge in [-0.15, -0.1) is 16.8 Å². The highest BCUT2D eigenvalue weighted by Crippen LogP contribution is 2.24. The van der Waals surface area contributed by atoms with Crippen LogP contribution in [0.2, 0.25) is 0 Å². The first-order chi connectivity index (χ1) is 12.7. The van der Waals surface area contributed by atoms with Gasteiger partial charge in [-0.2, -0.15) is 0 Å². The van der Waals surface area contributed by atoms with Crippen LogP contribution in [0.3, 0.4) is 0 Å². The number of pyridine rings is 1. The van der Waals surface area contributed by atoms with Crippen LogP contribution in [-0.2, 0) is 11.3 Å². The van der Waals surface area contributed by atoms with Gasteiger partial charge in [0.05, 0.1) is 5.75 Å². The summed E-state index contributed by atoms with van der Waals surface area (Å²) < 4.78 is 3.01. The minimum absolute atomic E-state index is 0.0874. The van der Waals surface area contributed by atoms with Gasteiger partial charge in [0, 0.05) is 33.8 Å². The number of anilines is 1. The number of hydrogen-bond donors (Lipinski definition) is 1. The second-order valence-electron chi connectivity index (χ2n) is 5.29. The molecule has 3 aromatic rings. The lowest BCUT2D eigenvalue weighted by Gasteiger charge is -2.08. The van der Waals surface area contributed by atoms with E-state index in [4.69, 9.17) is 0 Å². The highest BCUT2D eigenvalue weighted by Gasteiger charge is 2.15. The number of thioether (sulfide) groups is 1. The average molecular weight is 477 g/mol. The number of aromatic nitrogens is 4. The topological polar surface area (TPSA) is 72.7 Å². The van der Waals surface area contributed by atoms with E-state index in [-0.39, 0.29) is 11.7 Å². The molecule has 0 aliphatic heterocycles. The lowest BCUT2D eigenvalue weighted by Crippen LogP contribution is -2.14. The monoisotopic (exact) mass is 477 g/mol. The second kappa shape index (κ2) is 8.95. The molecular formula is C18H16IN5OS. The summed E-state index contributed by atoms with van der Waals surface area (Å²) in [5.41, 5.74) is 1.71. The van der Waals surface area contributed by atoms with E-state index in [9.17, 15) is 4.79 Å². The maximum absolute atomic E-state index is 12.2. The molecule has 2 heterocycles. The minimum atomic E-state index is -0.0874. The van der Waals surface area contributed by atoms with E-state index in [1.54, 1.807) is 18.5 Å². The van der Waals surface area contributed by atoms with Crippen LogP contribution in [0.15, 0.2) is 66.6 Å². The van der Waals surface area contributed by atoms with Gasteiger partial charge >= 0.3 is 0 Å². The fourth-order valence-electron chi connectivity index (χ4n) is 2.30. The molecule has 132 valence electrons. The maximum Gasteiger partial charge on any atom is 0.234 e. The Bertz CT molecular complexity index is 913. The number of benzene rings is 1. The molecule has 3 rings (SSSR count). The third-order valence-corrected chi connectivity index (χ3v) is 5.05. The Balaban J connectivity index is 1.70. The largest absolute Gasteiger partial charge is 0.325 e. The van der Waals surface area contributed by atoms with Gasteiger partial charge in [0.25, 0.3) is 0 Å². The van der Waals surface area contributed by atoms with Gasteiger partial charge < -0.3 is 5.32 Å². The summed E-state index contributed by atoms with van der Waals surface area (Å²) in [6.07, 6.45) is 5.21. The Labute approximate surface area is 169 Å². The Morgan fingerprint density at radius 2 is 2.08 bits per heavy atom. The van der Waals surface area contributed by atoms with Crippen molar-refractivity contribution in [3.63, 3.8) is 0 Å². The first-order valence-corrected chi connectivity index (χ1v) is 9.86. The molecule has 1 N–H and O–H groups in total. The fourth-order valence-corrected chi connectivity index (χ4v) is 3.59. The first-order valence-electron chi connectivity index (χ1n) is 7.80. The molecule has 1 aromatic carbocycles. The van der Waals surface area contributed by atoms with Gasteiger partial charge in [-0.3, -0.25) is 14.3 Å². The lowest BCUT2D eigenvalue weighted by molar-refractivity contribution is -0.113. The minimum Gasteiger partial charge on any atom is -0.325 e. The zero-order chi connectivity index (χ0) is 18.4. The van der Waals surface area contributed by atoms with E-state index in [1.807, 2.05) is 41.0 Å². The van der Waals surface area contributed by atoms with Gasteiger partial charge in [0.2, 0.25) is 5.91 Å². The van der Waals surface area contributed by atoms with Crippen LogP contribution in [0.25, 0.3) is 11.4 Å². The van der Waals surface area contributed by atoms with Crippen LogP contribution >= 0.6 is 34.4 Å². The van der Waals surface area contributed by atoms with Crippen LogP contribution in [0.5, 0.6) is 0 Å². The number of carbonyl (C=O) groups is 1. The maximum atomic E-state index is 12.2. The predicted molar refractivity (Wildman–Crippen MR) is 112 cm³/mol. The van der Waals surface area contributed by atoms with Crippen LogP contribution in [0.1, 0.15) is 0 Å². The molecule has 0 atom stereocenters. The molecule has 0 spiro atoms. The molecule has 26 heavy (non-hydrogen) atoms. The predicted octanol–water partition coefficient (Wildman–Crippen LogP) is 3.86. The number of allylic oxidation sites excluding steroid dienone is 1. The lowest BCUT2D eigenvalue weighted by atomic mass is 10.2. The molecule has 0 aliphatic carbocycles. The van der Waals surface area contributed by atoms with Gasteiger partial charge in [-0.1, -0.05) is 23.9 Å². The molecule has 2 aromatic heterocycles. The molecule has 0 bridgehead atoms. The molecule has 0 saturated heterocycles. The van der Waals surface area contributed by atoms with Crippen molar-refractivity contribution in [2.24, 2.45) is 0 Å². The van der Waals surface area contributed by atoms with Crippen molar-refractivity contribution in [2.75, 3.05) is 11.1 Å². The van der Waals surface area contributed by atoms with Crippen molar-refractivity contribution in [1.82, 2.24) is 19.7 Å². The smallest absolute Gasteiger partial charge is 0.234 e. The van der Waals surface area contributed by atoms with E-state index in [0.717, 1.165) is 20.6 Å². The number of hydrogen-bond acceptors (Lipinski definition) is 5. The first kappa shape index (κ1) is 18.6. The average Bonchev–Trinajstić information content (AvgIpc) is 3.04. The van der Waals surface area contributed by atoms with Crippen LogP contribution in [-0.4, -0.2) is 31.4 Å². The zero-order valence-corrected chi connectivity index (χ0v) is 16.8. The summed E-state index contributed by atoms with van der Waals surface area (Å²) in [5.74, 6) is 0.889. The highest BCUT2D eigenvalue weighted by atomic mass is 127. The van der Waals surface area contributed by atoms with Gasteiger partial charge in [-0.25, -0.2) is 0 Å². The summed E-state index contributed by atoms with van der Waals surface area (Å²) in [5, 5.41) is 12.1. The highest BCUT2D eigenvalue weighted by molar-refractivity contribution is 14.1. The van der Waals surface area contributed by atoms with Crippen molar-refractivity contribution in [2.45, 2.75) is 11.7 Å². The van der Waals surface area contributed by atoms with E-state index < -0.39 is 0 Å². The molecular weight excluding hydrogens is 461 g/mol. The van der Waals surface area contributed by atoms with Crippen molar-refractivity contribution in [3.8, 4) is 11.4 Å². The third kappa shape index (κ3) is 4.70. The SMILES string of the molecule is C=CCn1c(SCC(=O)Nc2cccc(I)c2)nnc1-c1ccncc1. The molecule has 0 saturated carbocycles. The van der Waals surface area contributed by atoms with Crippen LogP contribution < -0.4 is 5.32 Å². The van der Waals surface area contributed by atoms with Gasteiger partial charge in [0.1, 0.15) is 0 Å². The summed E-state index contributed by atoms with van der Waals surface area (Å²) >= 11 is 3.56. The normalized spacial score (nSPS) is 10.5. The fraction of sp³-hybridized carbons (Fsp3) is 0.111. The number of halogens is 1. The number of nitrogens with zero attached hydrogens (tertiary/aromatic N) is 4. The van der Waals surface area contributed by atoms with E-state index in [1.165, 1.54) is 11.8 Å². The van der Waals surface area contributed by atoms with E-state index in [0.29, 0.717) is 11.7 Å². The number of carbonyl (C=O) groups excluding carboxylic acids is 1. The molecule has 0 fully saturated rings. The standard InChI is InChI=1S/C18H16IN5OS/c1-2-10-24-17(13-6-8-20-9-7-13)22-23-18(24)26-12-16(25)21-15-5-3-4-14(19)11-15/h2-9,11H,1,10,12H2,(H,21,25). The van der Waals surface area contributed by atoms with Crippen LogP contribution in [0.4, 0.5) is 5.69 Å². The Morgan fingerprint density at radius 3 is 2.81 bits per heavy atom. The van der Waals surface area contributed by atoms with E-state index >= 15 is 0 Å². The van der Waals surface area contributed by atoms with Crippen molar-refractivity contribution in [1.29, 1.82) is 0 Å². The Hall–Kier alpha value is -2.20. The molecule has 0 radical (unpaired) electrons. The Morgan fingerprint density at radius 1 is 1.27 bits per heavy atom. The summed E-state index contributed by atoms with van der Waals surface area (Å²) in [7, 11) is 0. The summed E-state index contributed by atoms with van der Waals surface area (Å²) in [6, 6.07) is 11.4. The quantitative estimate of drug-likeness (QED) is 0.318. The Kier molecular flexibility index (Phi) is 6.40. The molecule has 0 aliphatic rings. The van der Waals surface area contributed by atoms with Crippen molar-refractivity contribution < 1.29 is 4.79 Å². The van der Waals surface area contributed by atoms with Crippen LogP contribution in [0, 0.1) is 3.57 Å². The van der Waals surface area contributed by atoms with Gasteiger partial charge in [-0.05, 0) is 52.9 Å².